The van der Waals surface area contributed by atoms with Gasteiger partial charge in [0, 0.05) is 6.04 Å². The summed E-state index contributed by atoms with van der Waals surface area (Å²) in [4.78, 5) is -0.255. The molecule has 2 fully saturated rings. The normalized spacial score (nSPS) is 30.6. The summed E-state index contributed by atoms with van der Waals surface area (Å²) in [5, 5.41) is 0. The van der Waals surface area contributed by atoms with Crippen LogP contribution in [-0.2, 0) is 10.0 Å². The van der Waals surface area contributed by atoms with Crippen LogP contribution >= 0.6 is 0 Å². The molecule has 20 heavy (non-hydrogen) atoms. The zero-order valence-corrected chi connectivity index (χ0v) is 12.4. The van der Waals surface area contributed by atoms with Crippen LogP contribution in [0.1, 0.15) is 32.6 Å². The maximum atomic E-state index is 13.6. The van der Waals surface area contributed by atoms with Crippen LogP contribution in [0.25, 0.3) is 0 Å². The minimum Gasteiger partial charge on any atom is -0.208 e. The van der Waals surface area contributed by atoms with E-state index >= 15 is 0 Å². The summed E-state index contributed by atoms with van der Waals surface area (Å²) < 4.78 is 40.9. The lowest BCUT2D eigenvalue weighted by Crippen LogP contribution is -2.40. The number of hydrogen-bond acceptors (Lipinski definition) is 2. The summed E-state index contributed by atoms with van der Waals surface area (Å²) in [6.45, 7) is 1.91. The maximum absolute atomic E-state index is 13.6. The largest absolute Gasteiger partial charge is 0.243 e. The lowest BCUT2D eigenvalue weighted by molar-refractivity contribution is 0.280. The van der Waals surface area contributed by atoms with Crippen molar-refractivity contribution in [2.24, 2.45) is 17.8 Å². The van der Waals surface area contributed by atoms with Gasteiger partial charge < -0.3 is 0 Å². The van der Waals surface area contributed by atoms with Gasteiger partial charge in [0.15, 0.2) is 0 Å². The first-order valence-electron chi connectivity index (χ1n) is 7.24. The van der Waals surface area contributed by atoms with Crippen LogP contribution in [0, 0.1) is 23.6 Å². The second kappa shape index (κ2) is 5.11. The summed E-state index contributed by atoms with van der Waals surface area (Å²) in [6.07, 6.45) is 4.83. The van der Waals surface area contributed by atoms with E-state index in [4.69, 9.17) is 0 Å². The van der Waals surface area contributed by atoms with Crippen LogP contribution in [0.15, 0.2) is 29.2 Å². The first kappa shape index (κ1) is 14.0. The minimum atomic E-state index is -3.77. The van der Waals surface area contributed by atoms with Gasteiger partial charge in [-0.3, -0.25) is 0 Å². The number of halogens is 1. The van der Waals surface area contributed by atoms with Crippen LogP contribution in [-0.4, -0.2) is 14.5 Å². The monoisotopic (exact) mass is 297 g/mol. The number of fused-ring (bicyclic) bond motifs is 2. The summed E-state index contributed by atoms with van der Waals surface area (Å²) in [5.74, 6) is 1.11. The molecule has 110 valence electrons. The Bertz CT molecular complexity index is 602. The van der Waals surface area contributed by atoms with E-state index in [0.29, 0.717) is 11.8 Å². The van der Waals surface area contributed by atoms with Crippen molar-refractivity contribution in [2.45, 2.75) is 43.5 Å². The third-order valence-corrected chi connectivity index (χ3v) is 6.49. The lowest BCUT2D eigenvalue weighted by Gasteiger charge is -2.28. The van der Waals surface area contributed by atoms with Crippen LogP contribution < -0.4 is 4.72 Å². The highest BCUT2D eigenvalue weighted by molar-refractivity contribution is 7.89. The fourth-order valence-corrected chi connectivity index (χ4v) is 5.34. The van der Waals surface area contributed by atoms with Crippen molar-refractivity contribution in [3.63, 3.8) is 0 Å². The fourth-order valence-electron chi connectivity index (χ4n) is 3.96. The third-order valence-electron chi connectivity index (χ3n) is 4.90. The Morgan fingerprint density at radius 1 is 1.25 bits per heavy atom. The molecule has 0 saturated heterocycles. The Kier molecular flexibility index (Phi) is 3.58. The van der Waals surface area contributed by atoms with Gasteiger partial charge in [-0.2, -0.15) is 0 Å². The second-order valence-electron chi connectivity index (χ2n) is 6.18. The van der Waals surface area contributed by atoms with E-state index in [-0.39, 0.29) is 10.9 Å². The molecule has 0 aromatic heterocycles. The number of hydrogen-bond donors (Lipinski definition) is 1. The molecule has 0 amide bonds. The Balaban J connectivity index is 1.75. The van der Waals surface area contributed by atoms with Crippen molar-refractivity contribution < 1.29 is 12.8 Å². The van der Waals surface area contributed by atoms with Crippen LogP contribution in [0.3, 0.4) is 0 Å². The molecule has 3 rings (SSSR count). The zero-order valence-electron chi connectivity index (χ0n) is 11.5. The molecule has 0 unspecified atom stereocenters. The van der Waals surface area contributed by atoms with Crippen molar-refractivity contribution in [1.29, 1.82) is 0 Å². The highest BCUT2D eigenvalue weighted by Gasteiger charge is 2.42. The van der Waals surface area contributed by atoms with Gasteiger partial charge in [-0.05, 0) is 56.1 Å². The van der Waals surface area contributed by atoms with E-state index in [1.54, 1.807) is 6.07 Å². The molecule has 0 spiro atoms. The van der Waals surface area contributed by atoms with E-state index < -0.39 is 15.8 Å². The average molecular weight is 297 g/mol. The topological polar surface area (TPSA) is 46.2 Å². The van der Waals surface area contributed by atoms with Crippen LogP contribution in [0.2, 0.25) is 0 Å². The molecule has 2 bridgehead atoms. The standard InChI is InChI=1S/C15H20FNO2S/c1-10(13-9-11-6-7-12(13)8-11)17-20(18,19)15-5-3-2-4-14(15)16/h2-5,10-13,17H,6-9H2,1H3/t10-,11+,12+,13+/m1/s1. The molecule has 5 heteroatoms. The van der Waals surface area contributed by atoms with Gasteiger partial charge in [0.2, 0.25) is 10.0 Å². The first-order chi connectivity index (χ1) is 9.47. The van der Waals surface area contributed by atoms with Gasteiger partial charge >= 0.3 is 0 Å². The van der Waals surface area contributed by atoms with Crippen molar-refractivity contribution >= 4 is 10.0 Å². The molecule has 4 atom stereocenters. The SMILES string of the molecule is C[C@@H](NS(=O)(=O)c1ccccc1F)[C@@H]1C[C@H]2CC[C@H]1C2. The second-order valence-corrected chi connectivity index (χ2v) is 7.86. The van der Waals surface area contributed by atoms with E-state index in [0.717, 1.165) is 12.3 Å². The minimum absolute atomic E-state index is 0.130. The molecular formula is C15H20FNO2S. The Labute approximate surface area is 119 Å². The van der Waals surface area contributed by atoms with Crippen LogP contribution in [0.5, 0.6) is 0 Å². The Hall–Kier alpha value is -0.940. The molecule has 2 saturated carbocycles. The zero-order chi connectivity index (χ0) is 14.3. The molecule has 0 radical (unpaired) electrons. The van der Waals surface area contributed by atoms with E-state index in [2.05, 4.69) is 4.72 Å². The van der Waals surface area contributed by atoms with Gasteiger partial charge in [0.05, 0.1) is 0 Å². The highest BCUT2D eigenvalue weighted by atomic mass is 32.2. The van der Waals surface area contributed by atoms with Crippen molar-refractivity contribution in [3.8, 4) is 0 Å². The van der Waals surface area contributed by atoms with Gasteiger partial charge in [0.25, 0.3) is 0 Å². The molecule has 1 aromatic rings. The van der Waals surface area contributed by atoms with Gasteiger partial charge in [-0.1, -0.05) is 18.6 Å². The number of sulfonamides is 1. The van der Waals surface area contributed by atoms with Crippen LogP contribution in [0.4, 0.5) is 4.39 Å². The van der Waals surface area contributed by atoms with Crippen molar-refractivity contribution in [1.82, 2.24) is 4.72 Å². The van der Waals surface area contributed by atoms with Crippen molar-refractivity contribution in [3.05, 3.63) is 30.1 Å². The Morgan fingerprint density at radius 2 is 2.00 bits per heavy atom. The molecule has 0 aliphatic heterocycles. The van der Waals surface area contributed by atoms with Gasteiger partial charge in [-0.25, -0.2) is 17.5 Å². The summed E-state index contributed by atoms with van der Waals surface area (Å²) in [5.41, 5.74) is 0. The molecule has 1 N–H and O–H groups in total. The molecule has 2 aliphatic rings. The predicted octanol–water partition coefficient (Wildman–Crippen LogP) is 2.93. The van der Waals surface area contributed by atoms with E-state index in [1.807, 2.05) is 6.92 Å². The Morgan fingerprint density at radius 3 is 2.60 bits per heavy atom. The molecule has 0 heterocycles. The third kappa shape index (κ3) is 2.49. The highest BCUT2D eigenvalue weighted by Crippen LogP contribution is 2.49. The number of rotatable bonds is 4. The number of benzene rings is 1. The molecular weight excluding hydrogens is 277 g/mol. The maximum Gasteiger partial charge on any atom is 0.243 e. The smallest absolute Gasteiger partial charge is 0.208 e. The first-order valence-corrected chi connectivity index (χ1v) is 8.72. The summed E-state index contributed by atoms with van der Waals surface area (Å²) >= 11 is 0. The molecule has 1 aromatic carbocycles. The number of nitrogens with one attached hydrogen (secondary N) is 1. The molecule has 3 nitrogen and oxygen atoms in total. The lowest BCUT2D eigenvalue weighted by atomic mass is 9.84. The molecule has 2 aliphatic carbocycles. The predicted molar refractivity (Wildman–Crippen MR) is 75.1 cm³/mol. The van der Waals surface area contributed by atoms with E-state index in [9.17, 15) is 12.8 Å². The van der Waals surface area contributed by atoms with Gasteiger partial charge in [-0.15, -0.1) is 0 Å². The average Bonchev–Trinajstić information content (AvgIpc) is 3.00. The fraction of sp³-hybridized carbons (Fsp3) is 0.600. The summed E-state index contributed by atoms with van der Waals surface area (Å²) in [7, 11) is -3.77. The quantitative estimate of drug-likeness (QED) is 0.929. The van der Waals surface area contributed by atoms with Gasteiger partial charge in [0.1, 0.15) is 10.7 Å². The summed E-state index contributed by atoms with van der Waals surface area (Å²) in [6, 6.07) is 5.39. The van der Waals surface area contributed by atoms with Crippen molar-refractivity contribution in [2.75, 3.05) is 0 Å². The van der Waals surface area contributed by atoms with E-state index in [1.165, 1.54) is 37.5 Å².